The molecule has 5 N–H and O–H groups in total. The van der Waals surface area contributed by atoms with Gasteiger partial charge in [0.05, 0.1) is 11.4 Å². The highest BCUT2D eigenvalue weighted by atomic mass is 35.5. The molecule has 0 aliphatic carbocycles. The summed E-state index contributed by atoms with van der Waals surface area (Å²) in [5, 5.41) is 6.24. The van der Waals surface area contributed by atoms with Crippen LogP contribution in [0, 0.1) is 12.7 Å². The molecular weight excluding hydrogens is 247 g/mol. The molecule has 0 spiro atoms. The number of hydrogen-bond acceptors (Lipinski definition) is 4. The van der Waals surface area contributed by atoms with E-state index in [9.17, 15) is 4.39 Å². The summed E-state index contributed by atoms with van der Waals surface area (Å²) < 4.78 is 19.0. The van der Waals surface area contributed by atoms with E-state index in [4.69, 9.17) is 27.8 Å². The average Bonchev–Trinajstić information content (AvgIpc) is 2.67. The van der Waals surface area contributed by atoms with E-state index in [1.165, 1.54) is 6.07 Å². The first kappa shape index (κ1) is 11.5. The lowest BCUT2D eigenvalue weighted by atomic mass is 10.2. The van der Waals surface area contributed by atoms with Gasteiger partial charge < -0.3 is 16.2 Å². The van der Waals surface area contributed by atoms with Crippen molar-refractivity contribution < 1.29 is 9.13 Å². The average molecular weight is 257 g/mol. The zero-order valence-corrected chi connectivity index (χ0v) is 9.68. The third kappa shape index (κ3) is 2.12. The molecule has 0 saturated heterocycles. The van der Waals surface area contributed by atoms with Gasteiger partial charge in [-0.1, -0.05) is 11.6 Å². The van der Waals surface area contributed by atoms with E-state index in [0.717, 1.165) is 5.69 Å². The Morgan fingerprint density at radius 3 is 2.65 bits per heavy atom. The van der Waals surface area contributed by atoms with Gasteiger partial charge in [-0.05, 0) is 13.0 Å². The highest BCUT2D eigenvalue weighted by Crippen LogP contribution is 2.37. The van der Waals surface area contributed by atoms with Gasteiger partial charge in [0.1, 0.15) is 5.02 Å². The minimum Gasteiger partial charge on any atom is -0.432 e. The fourth-order valence-electron chi connectivity index (χ4n) is 1.30. The molecule has 2 aromatic rings. The predicted molar refractivity (Wildman–Crippen MR) is 63.6 cm³/mol. The predicted octanol–water partition coefficient (Wildman–Crippen LogP) is 2.47. The quantitative estimate of drug-likeness (QED) is 0.720. The standard InChI is InChI=1S/C10H10ClFN4O/c1-4-2-7(16-15-4)17-10-6(14)3-5(13)8(11)9(10)12/h2-3H,13-14H2,1H3,(H,15,16). The molecule has 0 bridgehead atoms. The molecule has 0 amide bonds. The zero-order chi connectivity index (χ0) is 12.6. The summed E-state index contributed by atoms with van der Waals surface area (Å²) in [4.78, 5) is 0. The number of hydrogen-bond donors (Lipinski definition) is 3. The molecule has 0 saturated carbocycles. The lowest BCUT2D eigenvalue weighted by Crippen LogP contribution is -1.99. The summed E-state index contributed by atoms with van der Waals surface area (Å²) in [7, 11) is 0. The fourth-order valence-corrected chi connectivity index (χ4v) is 1.44. The number of ether oxygens (including phenoxy) is 1. The number of halogens is 2. The Balaban J connectivity index is 2.42. The number of nitrogen functional groups attached to an aromatic ring is 2. The summed E-state index contributed by atoms with van der Waals surface area (Å²) in [5.41, 5.74) is 12.0. The van der Waals surface area contributed by atoms with Crippen LogP contribution in [0.5, 0.6) is 11.6 Å². The number of aromatic amines is 1. The number of H-pyrrole nitrogens is 1. The number of nitrogens with two attached hydrogens (primary N) is 2. The van der Waals surface area contributed by atoms with Crippen molar-refractivity contribution in [3.63, 3.8) is 0 Å². The highest BCUT2D eigenvalue weighted by Gasteiger charge is 2.17. The second kappa shape index (κ2) is 4.14. The topological polar surface area (TPSA) is 89.9 Å². The highest BCUT2D eigenvalue weighted by molar-refractivity contribution is 6.33. The first-order valence-corrected chi connectivity index (χ1v) is 5.09. The van der Waals surface area contributed by atoms with E-state index in [-0.39, 0.29) is 28.0 Å². The van der Waals surface area contributed by atoms with E-state index in [2.05, 4.69) is 10.2 Å². The molecule has 0 aliphatic heterocycles. The molecule has 0 unspecified atom stereocenters. The summed E-state index contributed by atoms with van der Waals surface area (Å²) in [6, 6.07) is 2.93. The van der Waals surface area contributed by atoms with Gasteiger partial charge >= 0.3 is 0 Å². The summed E-state index contributed by atoms with van der Waals surface area (Å²) in [6.07, 6.45) is 0. The van der Waals surface area contributed by atoms with Crippen LogP contribution >= 0.6 is 11.6 Å². The number of anilines is 2. The maximum absolute atomic E-state index is 13.8. The lowest BCUT2D eigenvalue weighted by molar-refractivity contribution is 0.429. The van der Waals surface area contributed by atoms with Crippen LogP contribution in [-0.2, 0) is 0 Å². The number of aromatic nitrogens is 2. The molecule has 2 rings (SSSR count). The SMILES string of the molecule is Cc1cc(Oc2c(N)cc(N)c(Cl)c2F)n[nH]1. The Hall–Kier alpha value is -1.95. The van der Waals surface area contributed by atoms with Crippen molar-refractivity contribution in [3.8, 4) is 11.6 Å². The van der Waals surface area contributed by atoms with E-state index >= 15 is 0 Å². The number of nitrogens with one attached hydrogen (secondary N) is 1. The van der Waals surface area contributed by atoms with Crippen LogP contribution in [0.4, 0.5) is 15.8 Å². The van der Waals surface area contributed by atoms with Crippen LogP contribution in [-0.4, -0.2) is 10.2 Å². The molecule has 7 heteroatoms. The first-order chi connectivity index (χ1) is 7.99. The molecule has 90 valence electrons. The zero-order valence-electron chi connectivity index (χ0n) is 8.92. The van der Waals surface area contributed by atoms with Gasteiger partial charge in [-0.3, -0.25) is 5.10 Å². The van der Waals surface area contributed by atoms with Gasteiger partial charge in [-0.25, -0.2) is 4.39 Å². The Morgan fingerprint density at radius 1 is 1.35 bits per heavy atom. The second-order valence-electron chi connectivity index (χ2n) is 3.50. The first-order valence-electron chi connectivity index (χ1n) is 4.72. The molecule has 17 heavy (non-hydrogen) atoms. The lowest BCUT2D eigenvalue weighted by Gasteiger charge is -2.09. The fraction of sp³-hybridized carbons (Fsp3) is 0.100. The third-order valence-corrected chi connectivity index (χ3v) is 2.49. The third-order valence-electron chi connectivity index (χ3n) is 2.11. The van der Waals surface area contributed by atoms with Crippen molar-refractivity contribution in [1.29, 1.82) is 0 Å². The molecule has 0 atom stereocenters. The van der Waals surface area contributed by atoms with Gasteiger partial charge in [0, 0.05) is 11.8 Å². The number of rotatable bonds is 2. The van der Waals surface area contributed by atoms with Crippen molar-refractivity contribution >= 4 is 23.0 Å². The molecule has 0 aliphatic rings. The molecule has 1 heterocycles. The molecular formula is C10H10ClFN4O. The Bertz CT molecular complexity index is 570. The van der Waals surface area contributed by atoms with Crippen molar-refractivity contribution in [1.82, 2.24) is 10.2 Å². The maximum atomic E-state index is 13.8. The van der Waals surface area contributed by atoms with Crippen LogP contribution < -0.4 is 16.2 Å². The van der Waals surface area contributed by atoms with Gasteiger partial charge in [-0.2, -0.15) is 0 Å². The van der Waals surface area contributed by atoms with Crippen molar-refractivity contribution in [2.45, 2.75) is 6.92 Å². The largest absolute Gasteiger partial charge is 0.432 e. The van der Waals surface area contributed by atoms with E-state index in [1.54, 1.807) is 13.0 Å². The Labute approximate surface area is 102 Å². The smallest absolute Gasteiger partial charge is 0.238 e. The van der Waals surface area contributed by atoms with Gasteiger partial charge in [0.25, 0.3) is 0 Å². The monoisotopic (exact) mass is 256 g/mol. The van der Waals surface area contributed by atoms with E-state index in [0.29, 0.717) is 0 Å². The van der Waals surface area contributed by atoms with Crippen LogP contribution in [0.2, 0.25) is 5.02 Å². The van der Waals surface area contributed by atoms with Crippen LogP contribution in [0.25, 0.3) is 0 Å². The minimum atomic E-state index is -0.801. The van der Waals surface area contributed by atoms with Crippen molar-refractivity contribution in [3.05, 3.63) is 28.7 Å². The van der Waals surface area contributed by atoms with Crippen LogP contribution in [0.15, 0.2) is 12.1 Å². The minimum absolute atomic E-state index is 0.0602. The Kier molecular flexibility index (Phi) is 2.81. The molecule has 0 fully saturated rings. The van der Waals surface area contributed by atoms with Crippen LogP contribution in [0.1, 0.15) is 5.69 Å². The molecule has 1 aromatic heterocycles. The van der Waals surface area contributed by atoms with Gasteiger partial charge in [0.2, 0.25) is 5.88 Å². The normalized spacial score (nSPS) is 10.5. The molecule has 0 radical (unpaired) electrons. The summed E-state index contributed by atoms with van der Waals surface area (Å²) in [5.74, 6) is -0.783. The van der Waals surface area contributed by atoms with Crippen molar-refractivity contribution in [2.75, 3.05) is 11.5 Å². The van der Waals surface area contributed by atoms with E-state index < -0.39 is 5.82 Å². The Morgan fingerprint density at radius 2 is 2.06 bits per heavy atom. The second-order valence-corrected chi connectivity index (χ2v) is 3.88. The van der Waals surface area contributed by atoms with E-state index in [1.807, 2.05) is 0 Å². The maximum Gasteiger partial charge on any atom is 0.238 e. The number of benzene rings is 1. The molecule has 5 nitrogen and oxygen atoms in total. The van der Waals surface area contributed by atoms with Crippen molar-refractivity contribution in [2.24, 2.45) is 0 Å². The van der Waals surface area contributed by atoms with Gasteiger partial charge in [0.15, 0.2) is 11.6 Å². The van der Waals surface area contributed by atoms with Crippen LogP contribution in [0.3, 0.4) is 0 Å². The van der Waals surface area contributed by atoms with Gasteiger partial charge in [-0.15, -0.1) is 5.10 Å². The molecule has 1 aromatic carbocycles. The number of nitrogens with zero attached hydrogens (tertiary/aromatic N) is 1. The number of aryl methyl sites for hydroxylation is 1. The summed E-state index contributed by atoms with van der Waals surface area (Å²) in [6.45, 7) is 1.79. The summed E-state index contributed by atoms with van der Waals surface area (Å²) >= 11 is 5.66.